The van der Waals surface area contributed by atoms with Crippen molar-refractivity contribution in [3.05, 3.63) is 65.2 Å². The van der Waals surface area contributed by atoms with Crippen molar-refractivity contribution in [1.82, 2.24) is 10.2 Å². The highest BCUT2D eigenvalue weighted by atomic mass is 16.2. The summed E-state index contributed by atoms with van der Waals surface area (Å²) < 4.78 is 0. The van der Waals surface area contributed by atoms with Crippen LogP contribution < -0.4 is 10.2 Å². The summed E-state index contributed by atoms with van der Waals surface area (Å²) in [6, 6.07) is 15.3. The standard InChI is InChI=1S/C23H25N3O3/c27-21(16-26-22(28)19-7-1-2-8-20(19)23(26)29)24-13-5-6-17-9-11-18(12-10-17)25-14-3-4-15-25/h1-2,7-12H,3-6,13-16H2,(H,24,27). The molecule has 4 rings (SSSR count). The van der Waals surface area contributed by atoms with Crippen LogP contribution in [0.4, 0.5) is 5.69 Å². The first-order chi connectivity index (χ1) is 14.1. The van der Waals surface area contributed by atoms with E-state index in [1.165, 1.54) is 24.1 Å². The van der Waals surface area contributed by atoms with Crippen molar-refractivity contribution in [1.29, 1.82) is 0 Å². The van der Waals surface area contributed by atoms with Gasteiger partial charge in [0.05, 0.1) is 11.1 Å². The molecule has 0 aromatic heterocycles. The van der Waals surface area contributed by atoms with Gasteiger partial charge in [0.2, 0.25) is 5.91 Å². The van der Waals surface area contributed by atoms with Crippen molar-refractivity contribution >= 4 is 23.4 Å². The SMILES string of the molecule is O=C(CN1C(=O)c2ccccc2C1=O)NCCCc1ccc(N2CCCC2)cc1. The molecule has 0 aliphatic carbocycles. The zero-order valence-corrected chi connectivity index (χ0v) is 16.4. The maximum atomic E-state index is 12.3. The molecule has 6 nitrogen and oxygen atoms in total. The number of hydrogen-bond acceptors (Lipinski definition) is 4. The number of amides is 3. The predicted octanol–water partition coefficient (Wildman–Crippen LogP) is 2.63. The third-order valence-electron chi connectivity index (χ3n) is 5.55. The summed E-state index contributed by atoms with van der Waals surface area (Å²) in [5, 5.41) is 2.81. The fraction of sp³-hybridized carbons (Fsp3) is 0.348. The van der Waals surface area contributed by atoms with E-state index in [1.54, 1.807) is 24.3 Å². The number of nitrogens with zero attached hydrogens (tertiary/aromatic N) is 2. The average molecular weight is 391 g/mol. The Morgan fingerprint density at radius 1 is 0.897 bits per heavy atom. The molecule has 3 amide bonds. The molecule has 2 aliphatic rings. The first-order valence-corrected chi connectivity index (χ1v) is 10.2. The van der Waals surface area contributed by atoms with Crippen LogP contribution in [0.5, 0.6) is 0 Å². The van der Waals surface area contributed by atoms with Crippen molar-refractivity contribution in [2.24, 2.45) is 0 Å². The van der Waals surface area contributed by atoms with Gasteiger partial charge < -0.3 is 10.2 Å². The molecule has 0 radical (unpaired) electrons. The normalized spacial score (nSPS) is 15.7. The maximum absolute atomic E-state index is 12.3. The zero-order valence-electron chi connectivity index (χ0n) is 16.4. The van der Waals surface area contributed by atoms with Gasteiger partial charge in [-0.2, -0.15) is 0 Å². The number of anilines is 1. The second-order valence-electron chi connectivity index (χ2n) is 7.56. The van der Waals surface area contributed by atoms with Crippen LogP contribution in [0.3, 0.4) is 0 Å². The molecule has 0 saturated carbocycles. The summed E-state index contributed by atoms with van der Waals surface area (Å²) in [4.78, 5) is 40.2. The third-order valence-corrected chi connectivity index (χ3v) is 5.55. The molecule has 1 saturated heterocycles. The number of nitrogens with one attached hydrogen (secondary N) is 1. The topological polar surface area (TPSA) is 69.7 Å². The Morgan fingerprint density at radius 2 is 1.52 bits per heavy atom. The molecule has 0 atom stereocenters. The lowest BCUT2D eigenvalue weighted by Crippen LogP contribution is -2.40. The van der Waals surface area contributed by atoms with E-state index in [-0.39, 0.29) is 12.5 Å². The zero-order chi connectivity index (χ0) is 20.2. The number of rotatable bonds is 7. The molecule has 29 heavy (non-hydrogen) atoms. The van der Waals surface area contributed by atoms with E-state index >= 15 is 0 Å². The second kappa shape index (κ2) is 8.47. The predicted molar refractivity (Wildman–Crippen MR) is 111 cm³/mol. The lowest BCUT2D eigenvalue weighted by Gasteiger charge is -2.17. The quantitative estimate of drug-likeness (QED) is 0.582. The smallest absolute Gasteiger partial charge is 0.262 e. The van der Waals surface area contributed by atoms with Crippen molar-refractivity contribution in [2.45, 2.75) is 25.7 Å². The van der Waals surface area contributed by atoms with E-state index in [4.69, 9.17) is 0 Å². The van der Waals surface area contributed by atoms with Gasteiger partial charge in [-0.3, -0.25) is 19.3 Å². The average Bonchev–Trinajstić information content (AvgIpc) is 3.36. The molecule has 1 fully saturated rings. The number of carbonyl (C=O) groups is 3. The molecule has 1 N–H and O–H groups in total. The lowest BCUT2D eigenvalue weighted by atomic mass is 10.1. The maximum Gasteiger partial charge on any atom is 0.262 e. The largest absolute Gasteiger partial charge is 0.372 e. The highest BCUT2D eigenvalue weighted by Crippen LogP contribution is 2.22. The molecule has 2 heterocycles. The van der Waals surface area contributed by atoms with E-state index in [0.29, 0.717) is 17.7 Å². The Hall–Kier alpha value is -3.15. The number of carbonyl (C=O) groups excluding carboxylic acids is 3. The van der Waals surface area contributed by atoms with Crippen LogP contribution in [0, 0.1) is 0 Å². The van der Waals surface area contributed by atoms with Crippen LogP contribution in [0.2, 0.25) is 0 Å². The van der Waals surface area contributed by atoms with Crippen LogP contribution in [0.25, 0.3) is 0 Å². The van der Waals surface area contributed by atoms with Crippen molar-refractivity contribution < 1.29 is 14.4 Å². The number of aryl methyl sites for hydroxylation is 1. The molecule has 6 heteroatoms. The summed E-state index contributed by atoms with van der Waals surface area (Å²) in [5.74, 6) is -1.12. The molecule has 0 bridgehead atoms. The molecule has 0 spiro atoms. The number of hydrogen-bond donors (Lipinski definition) is 1. The van der Waals surface area contributed by atoms with E-state index < -0.39 is 11.8 Å². The Labute approximate surface area is 170 Å². The minimum Gasteiger partial charge on any atom is -0.372 e. The van der Waals surface area contributed by atoms with Gasteiger partial charge in [-0.25, -0.2) is 0 Å². The van der Waals surface area contributed by atoms with E-state index in [2.05, 4.69) is 34.5 Å². The highest BCUT2D eigenvalue weighted by Gasteiger charge is 2.36. The van der Waals surface area contributed by atoms with Gasteiger partial charge in [0, 0.05) is 25.3 Å². The fourth-order valence-electron chi connectivity index (χ4n) is 3.95. The molecule has 0 unspecified atom stereocenters. The fourth-order valence-corrected chi connectivity index (χ4v) is 3.95. The Bertz CT molecular complexity index is 882. The van der Waals surface area contributed by atoms with Gasteiger partial charge in [0.25, 0.3) is 11.8 Å². The van der Waals surface area contributed by atoms with Gasteiger partial charge in [0.15, 0.2) is 0 Å². The van der Waals surface area contributed by atoms with Crippen molar-refractivity contribution in [3.8, 4) is 0 Å². The van der Waals surface area contributed by atoms with Gasteiger partial charge >= 0.3 is 0 Å². The summed E-state index contributed by atoms with van der Waals surface area (Å²) >= 11 is 0. The molecular formula is C23H25N3O3. The van der Waals surface area contributed by atoms with E-state index in [9.17, 15) is 14.4 Å². The molecular weight excluding hydrogens is 366 g/mol. The van der Waals surface area contributed by atoms with E-state index in [1.807, 2.05) is 0 Å². The number of benzene rings is 2. The summed E-state index contributed by atoms with van der Waals surface area (Å²) in [7, 11) is 0. The summed E-state index contributed by atoms with van der Waals surface area (Å²) in [6.45, 7) is 2.55. The van der Waals surface area contributed by atoms with Gasteiger partial charge in [-0.1, -0.05) is 24.3 Å². The first kappa shape index (κ1) is 19.2. The Kier molecular flexibility index (Phi) is 5.60. The molecule has 2 aliphatic heterocycles. The van der Waals surface area contributed by atoms with E-state index in [0.717, 1.165) is 30.8 Å². The Morgan fingerprint density at radius 3 is 2.14 bits per heavy atom. The Balaban J connectivity index is 1.21. The number of imide groups is 1. The van der Waals surface area contributed by atoms with Gasteiger partial charge in [-0.15, -0.1) is 0 Å². The molecule has 2 aromatic rings. The van der Waals surface area contributed by atoms with Crippen LogP contribution in [-0.4, -0.2) is 48.8 Å². The van der Waals surface area contributed by atoms with Crippen LogP contribution >= 0.6 is 0 Å². The summed E-state index contributed by atoms with van der Waals surface area (Å²) in [6.07, 6.45) is 4.20. The second-order valence-corrected chi connectivity index (χ2v) is 7.56. The summed E-state index contributed by atoms with van der Waals surface area (Å²) in [5.41, 5.74) is 3.24. The molecule has 2 aromatic carbocycles. The first-order valence-electron chi connectivity index (χ1n) is 10.2. The van der Waals surface area contributed by atoms with Crippen molar-refractivity contribution in [3.63, 3.8) is 0 Å². The molecule has 150 valence electrons. The van der Waals surface area contributed by atoms with Crippen LogP contribution in [-0.2, 0) is 11.2 Å². The van der Waals surface area contributed by atoms with Gasteiger partial charge in [-0.05, 0) is 55.5 Å². The minimum absolute atomic E-state index is 0.239. The lowest BCUT2D eigenvalue weighted by molar-refractivity contribution is -0.121. The third kappa shape index (κ3) is 4.16. The van der Waals surface area contributed by atoms with Crippen LogP contribution in [0.1, 0.15) is 45.5 Å². The number of fused-ring (bicyclic) bond motifs is 1. The van der Waals surface area contributed by atoms with Crippen molar-refractivity contribution in [2.75, 3.05) is 31.1 Å². The monoisotopic (exact) mass is 391 g/mol. The minimum atomic E-state index is -0.404. The highest BCUT2D eigenvalue weighted by molar-refractivity contribution is 6.22. The van der Waals surface area contributed by atoms with Gasteiger partial charge in [0.1, 0.15) is 6.54 Å². The van der Waals surface area contributed by atoms with Crippen LogP contribution in [0.15, 0.2) is 48.5 Å².